The average Bonchev–Trinajstić information content (AvgIpc) is 2.24. The van der Waals surface area contributed by atoms with Gasteiger partial charge in [-0.1, -0.05) is 39.1 Å². The minimum atomic E-state index is -4.32. The molecule has 21 heavy (non-hydrogen) atoms. The Bertz CT molecular complexity index is 657. The normalized spacial score (nSPS) is 11.6. The largest absolute Gasteiger partial charge is 0.369 e. The lowest BCUT2D eigenvalue weighted by molar-refractivity contribution is -0.120. The Hall–Kier alpha value is -0.870. The number of hydrogen-bond acceptors (Lipinski definition) is 4. The number of primary amides is 2. The lowest BCUT2D eigenvalue weighted by Crippen LogP contribution is -2.43. The molecule has 0 bridgehead atoms. The molecule has 2 amide bonds. The number of hydrogen-bond donors (Lipinski definition) is 2. The third-order valence-electron chi connectivity index (χ3n) is 2.23. The van der Waals surface area contributed by atoms with Gasteiger partial charge in [0.15, 0.2) is 0 Å². The third-order valence-corrected chi connectivity index (χ3v) is 5.40. The van der Waals surface area contributed by atoms with Gasteiger partial charge in [0.2, 0.25) is 21.8 Å². The summed E-state index contributed by atoms with van der Waals surface area (Å²) in [6.45, 7) is -1.46. The molecule has 0 aliphatic carbocycles. The molecule has 0 radical (unpaired) electrons. The molecule has 0 atom stereocenters. The van der Waals surface area contributed by atoms with Gasteiger partial charge in [0.1, 0.15) is 4.90 Å². The number of rotatable bonds is 6. The van der Waals surface area contributed by atoms with E-state index in [0.717, 1.165) is 0 Å². The van der Waals surface area contributed by atoms with E-state index in [1.807, 2.05) is 0 Å². The molecule has 0 saturated heterocycles. The van der Waals surface area contributed by atoms with Gasteiger partial charge in [-0.3, -0.25) is 9.59 Å². The molecule has 1 rings (SSSR count). The van der Waals surface area contributed by atoms with Gasteiger partial charge in [0.25, 0.3) is 0 Å². The topological polar surface area (TPSA) is 124 Å². The summed E-state index contributed by atoms with van der Waals surface area (Å²) >= 11 is 14.9. The SMILES string of the molecule is NC(=O)CN(CC(N)=O)S(=O)(=O)c1c(Cl)cc(Br)cc1Cl. The van der Waals surface area contributed by atoms with E-state index in [1.54, 1.807) is 0 Å². The Kier molecular flexibility index (Phi) is 6.00. The molecule has 1 aromatic rings. The molecule has 1 aromatic carbocycles. The van der Waals surface area contributed by atoms with Crippen LogP contribution in [0.4, 0.5) is 0 Å². The predicted molar refractivity (Wildman–Crippen MR) is 81.3 cm³/mol. The minimum Gasteiger partial charge on any atom is -0.369 e. The second-order valence-corrected chi connectivity index (χ2v) is 7.51. The van der Waals surface area contributed by atoms with E-state index in [4.69, 9.17) is 34.7 Å². The number of halogens is 3. The highest BCUT2D eigenvalue weighted by Gasteiger charge is 2.31. The zero-order valence-corrected chi connectivity index (χ0v) is 14.3. The fourth-order valence-corrected chi connectivity index (χ4v) is 4.73. The predicted octanol–water partition coefficient (Wildman–Crippen LogP) is 0.717. The van der Waals surface area contributed by atoms with Gasteiger partial charge < -0.3 is 11.5 Å². The Morgan fingerprint density at radius 2 is 1.48 bits per heavy atom. The summed E-state index contributed by atoms with van der Waals surface area (Å²) in [5.41, 5.74) is 9.95. The highest BCUT2D eigenvalue weighted by molar-refractivity contribution is 9.10. The highest BCUT2D eigenvalue weighted by atomic mass is 79.9. The van der Waals surface area contributed by atoms with Crippen LogP contribution in [0.15, 0.2) is 21.5 Å². The number of sulfonamides is 1. The molecule has 11 heteroatoms. The molecule has 0 heterocycles. The minimum absolute atomic E-state index is 0.173. The van der Waals surface area contributed by atoms with Crippen molar-refractivity contribution in [2.45, 2.75) is 4.90 Å². The maximum Gasteiger partial charge on any atom is 0.246 e. The molecule has 116 valence electrons. The van der Waals surface area contributed by atoms with Crippen LogP contribution in [-0.2, 0) is 19.6 Å². The molecule has 4 N–H and O–H groups in total. The smallest absolute Gasteiger partial charge is 0.246 e. The van der Waals surface area contributed by atoms with E-state index >= 15 is 0 Å². The number of benzene rings is 1. The second-order valence-electron chi connectivity index (χ2n) is 3.90. The number of amides is 2. The van der Waals surface area contributed by atoms with Gasteiger partial charge in [-0.05, 0) is 12.1 Å². The van der Waals surface area contributed by atoms with Gasteiger partial charge in [-0.2, -0.15) is 4.31 Å². The Morgan fingerprint density at radius 3 is 1.81 bits per heavy atom. The lowest BCUT2D eigenvalue weighted by Gasteiger charge is -2.20. The molecule has 0 fully saturated rings. The lowest BCUT2D eigenvalue weighted by atomic mass is 10.4. The number of nitrogens with two attached hydrogens (primary N) is 2. The Labute approximate surface area is 139 Å². The highest BCUT2D eigenvalue weighted by Crippen LogP contribution is 2.34. The van der Waals surface area contributed by atoms with Crippen molar-refractivity contribution >= 4 is 61.0 Å². The van der Waals surface area contributed by atoms with Crippen LogP contribution in [0.1, 0.15) is 0 Å². The molecule has 0 saturated carbocycles. The number of nitrogens with zero attached hydrogens (tertiary/aromatic N) is 1. The number of carbonyl (C=O) groups is 2. The van der Waals surface area contributed by atoms with Gasteiger partial charge in [-0.25, -0.2) is 8.42 Å². The first kappa shape index (κ1) is 18.2. The third kappa shape index (κ3) is 4.55. The first-order valence-electron chi connectivity index (χ1n) is 5.27. The number of carbonyl (C=O) groups excluding carboxylic acids is 2. The zero-order chi connectivity index (χ0) is 16.4. The van der Waals surface area contributed by atoms with Gasteiger partial charge in [-0.15, -0.1) is 0 Å². The Morgan fingerprint density at radius 1 is 1.10 bits per heavy atom. The van der Waals surface area contributed by atoms with Crippen molar-refractivity contribution in [3.63, 3.8) is 0 Å². The summed E-state index contributed by atoms with van der Waals surface area (Å²) in [5, 5.41) is -0.346. The van der Waals surface area contributed by atoms with Crippen molar-refractivity contribution in [3.8, 4) is 0 Å². The van der Waals surface area contributed by atoms with E-state index in [9.17, 15) is 18.0 Å². The molecular formula is C10H10BrCl2N3O4S. The van der Waals surface area contributed by atoms with Crippen LogP contribution in [0.25, 0.3) is 0 Å². The second kappa shape index (κ2) is 6.93. The Balaban J connectivity index is 3.42. The van der Waals surface area contributed by atoms with E-state index in [0.29, 0.717) is 8.78 Å². The van der Waals surface area contributed by atoms with Crippen molar-refractivity contribution in [2.24, 2.45) is 11.5 Å². The summed E-state index contributed by atoms with van der Waals surface area (Å²) in [6, 6.07) is 2.63. The van der Waals surface area contributed by atoms with Crippen molar-refractivity contribution in [1.82, 2.24) is 4.31 Å². The van der Waals surface area contributed by atoms with Crippen molar-refractivity contribution < 1.29 is 18.0 Å². The van der Waals surface area contributed by atoms with Crippen LogP contribution in [0, 0.1) is 0 Å². The van der Waals surface area contributed by atoms with Crippen LogP contribution < -0.4 is 11.5 Å². The average molecular weight is 419 g/mol. The first-order chi connectivity index (χ1) is 9.55. The van der Waals surface area contributed by atoms with E-state index < -0.39 is 39.8 Å². The van der Waals surface area contributed by atoms with Crippen molar-refractivity contribution in [1.29, 1.82) is 0 Å². The standard InChI is InChI=1S/C10H10BrCl2N3O4S/c11-5-1-6(12)10(7(13)2-5)21(19,20)16(3-8(14)17)4-9(15)18/h1-2H,3-4H2,(H2,14,17)(H2,15,18). The summed E-state index contributed by atoms with van der Waals surface area (Å²) in [4.78, 5) is 21.5. The quantitative estimate of drug-likeness (QED) is 0.705. The molecule has 0 aromatic heterocycles. The van der Waals surface area contributed by atoms with Gasteiger partial charge in [0.05, 0.1) is 23.1 Å². The van der Waals surface area contributed by atoms with Crippen LogP contribution in [0.2, 0.25) is 10.0 Å². The van der Waals surface area contributed by atoms with Crippen LogP contribution in [-0.4, -0.2) is 37.6 Å². The fourth-order valence-electron chi connectivity index (χ4n) is 1.48. The molecule has 0 unspecified atom stereocenters. The molecular weight excluding hydrogens is 409 g/mol. The molecule has 0 aliphatic rings. The first-order valence-corrected chi connectivity index (χ1v) is 8.26. The fraction of sp³-hybridized carbons (Fsp3) is 0.200. The molecule has 0 spiro atoms. The maximum atomic E-state index is 12.5. The zero-order valence-electron chi connectivity index (χ0n) is 10.3. The van der Waals surface area contributed by atoms with Crippen molar-refractivity contribution in [3.05, 3.63) is 26.7 Å². The molecule has 0 aliphatic heterocycles. The monoisotopic (exact) mass is 417 g/mol. The summed E-state index contributed by atoms with van der Waals surface area (Å²) in [6.07, 6.45) is 0. The van der Waals surface area contributed by atoms with Gasteiger partial charge in [0, 0.05) is 4.47 Å². The van der Waals surface area contributed by atoms with Crippen LogP contribution in [0.3, 0.4) is 0 Å². The van der Waals surface area contributed by atoms with E-state index in [1.165, 1.54) is 12.1 Å². The van der Waals surface area contributed by atoms with Crippen LogP contribution in [0.5, 0.6) is 0 Å². The summed E-state index contributed by atoms with van der Waals surface area (Å²) in [7, 11) is -4.32. The van der Waals surface area contributed by atoms with E-state index in [-0.39, 0.29) is 10.0 Å². The van der Waals surface area contributed by atoms with Crippen molar-refractivity contribution in [2.75, 3.05) is 13.1 Å². The maximum absolute atomic E-state index is 12.5. The van der Waals surface area contributed by atoms with Gasteiger partial charge >= 0.3 is 0 Å². The summed E-state index contributed by atoms with van der Waals surface area (Å²) < 4.78 is 25.9. The van der Waals surface area contributed by atoms with Crippen LogP contribution >= 0.6 is 39.1 Å². The molecule has 7 nitrogen and oxygen atoms in total. The van der Waals surface area contributed by atoms with E-state index in [2.05, 4.69) is 15.9 Å². The summed E-state index contributed by atoms with van der Waals surface area (Å²) in [5.74, 6) is -1.91.